The van der Waals surface area contributed by atoms with E-state index in [4.69, 9.17) is 11.6 Å². The van der Waals surface area contributed by atoms with Crippen LogP contribution in [0.1, 0.15) is 5.56 Å². The van der Waals surface area contributed by atoms with Gasteiger partial charge in [0.15, 0.2) is 0 Å². The van der Waals surface area contributed by atoms with E-state index >= 15 is 0 Å². The van der Waals surface area contributed by atoms with E-state index in [9.17, 15) is 0 Å². The van der Waals surface area contributed by atoms with Crippen LogP contribution in [0, 0.1) is 6.92 Å². The fourth-order valence-electron chi connectivity index (χ4n) is 1.41. The SMILES string of the molecule is Cc1cc(Cl)c2c(cnn2C)c1. The van der Waals surface area contributed by atoms with Gasteiger partial charge in [0.05, 0.1) is 16.7 Å². The Balaban J connectivity index is 2.93. The zero-order chi connectivity index (χ0) is 8.72. The first-order chi connectivity index (χ1) is 5.68. The summed E-state index contributed by atoms with van der Waals surface area (Å²) < 4.78 is 1.79. The second kappa shape index (κ2) is 2.49. The van der Waals surface area contributed by atoms with E-state index in [1.165, 1.54) is 5.56 Å². The van der Waals surface area contributed by atoms with Gasteiger partial charge < -0.3 is 0 Å². The molecular formula is C9H9ClN2. The summed E-state index contributed by atoms with van der Waals surface area (Å²) in [6, 6.07) is 4.03. The molecule has 0 radical (unpaired) electrons. The number of aryl methyl sites for hydroxylation is 2. The molecule has 1 aromatic heterocycles. The highest BCUT2D eigenvalue weighted by Gasteiger charge is 2.03. The summed E-state index contributed by atoms with van der Waals surface area (Å²) in [7, 11) is 1.89. The van der Waals surface area contributed by atoms with Crippen LogP contribution in [0.25, 0.3) is 10.9 Å². The summed E-state index contributed by atoms with van der Waals surface area (Å²) in [5.41, 5.74) is 2.17. The lowest BCUT2D eigenvalue weighted by Crippen LogP contribution is -1.89. The van der Waals surface area contributed by atoms with Crippen molar-refractivity contribution in [1.29, 1.82) is 0 Å². The molecule has 0 aliphatic carbocycles. The molecule has 0 fully saturated rings. The Morgan fingerprint density at radius 3 is 2.92 bits per heavy atom. The maximum atomic E-state index is 6.05. The van der Waals surface area contributed by atoms with Crippen LogP contribution in [0.3, 0.4) is 0 Å². The Morgan fingerprint density at radius 1 is 1.42 bits per heavy atom. The van der Waals surface area contributed by atoms with Crippen LogP contribution in [0.2, 0.25) is 5.02 Å². The largest absolute Gasteiger partial charge is 0.266 e. The van der Waals surface area contributed by atoms with E-state index in [2.05, 4.69) is 11.2 Å². The van der Waals surface area contributed by atoms with Crippen molar-refractivity contribution in [2.45, 2.75) is 6.92 Å². The zero-order valence-corrected chi connectivity index (χ0v) is 7.76. The molecule has 0 aliphatic heterocycles. The average molecular weight is 181 g/mol. The minimum absolute atomic E-state index is 0.769. The van der Waals surface area contributed by atoms with E-state index in [1.54, 1.807) is 4.68 Å². The smallest absolute Gasteiger partial charge is 0.0865 e. The molecule has 62 valence electrons. The van der Waals surface area contributed by atoms with Crippen molar-refractivity contribution in [1.82, 2.24) is 9.78 Å². The van der Waals surface area contributed by atoms with Crippen molar-refractivity contribution < 1.29 is 0 Å². The molecule has 3 heteroatoms. The molecule has 2 aromatic rings. The van der Waals surface area contributed by atoms with Gasteiger partial charge in [-0.05, 0) is 24.6 Å². The van der Waals surface area contributed by atoms with Crippen LogP contribution in [0.15, 0.2) is 18.3 Å². The number of aromatic nitrogens is 2. The van der Waals surface area contributed by atoms with E-state index in [-0.39, 0.29) is 0 Å². The van der Waals surface area contributed by atoms with Gasteiger partial charge in [0, 0.05) is 12.4 Å². The van der Waals surface area contributed by atoms with Crippen LogP contribution in [0.4, 0.5) is 0 Å². The fraction of sp³-hybridized carbons (Fsp3) is 0.222. The number of fused-ring (bicyclic) bond motifs is 1. The van der Waals surface area contributed by atoms with E-state index in [0.29, 0.717) is 0 Å². The van der Waals surface area contributed by atoms with E-state index in [1.807, 2.05) is 26.2 Å². The number of hydrogen-bond acceptors (Lipinski definition) is 1. The van der Waals surface area contributed by atoms with Crippen molar-refractivity contribution in [2.75, 3.05) is 0 Å². The maximum absolute atomic E-state index is 6.05. The Bertz CT molecular complexity index is 431. The Kier molecular flexibility index (Phi) is 1.58. The molecule has 0 bridgehead atoms. The maximum Gasteiger partial charge on any atom is 0.0865 e. The first-order valence-electron chi connectivity index (χ1n) is 3.76. The molecule has 0 saturated carbocycles. The standard InChI is InChI=1S/C9H9ClN2/c1-6-3-7-5-11-12(2)9(7)8(10)4-6/h3-5H,1-2H3. The van der Waals surface area contributed by atoms with Crippen molar-refractivity contribution in [3.8, 4) is 0 Å². The van der Waals surface area contributed by atoms with Crippen molar-refractivity contribution in [3.63, 3.8) is 0 Å². The molecule has 0 spiro atoms. The van der Waals surface area contributed by atoms with Crippen molar-refractivity contribution in [2.24, 2.45) is 7.05 Å². The van der Waals surface area contributed by atoms with E-state index < -0.39 is 0 Å². The second-order valence-electron chi connectivity index (χ2n) is 2.95. The first kappa shape index (κ1) is 7.62. The molecule has 0 saturated heterocycles. The Labute approximate surface area is 75.8 Å². The fourth-order valence-corrected chi connectivity index (χ4v) is 1.81. The van der Waals surface area contributed by atoms with Gasteiger partial charge in [-0.15, -0.1) is 0 Å². The lowest BCUT2D eigenvalue weighted by Gasteiger charge is -1.98. The monoisotopic (exact) mass is 180 g/mol. The van der Waals surface area contributed by atoms with Gasteiger partial charge in [-0.2, -0.15) is 5.10 Å². The minimum atomic E-state index is 0.769. The minimum Gasteiger partial charge on any atom is -0.266 e. The lowest BCUT2D eigenvalue weighted by molar-refractivity contribution is 0.797. The molecule has 0 N–H and O–H groups in total. The summed E-state index contributed by atoms with van der Waals surface area (Å²) in [5, 5.41) is 6.00. The molecule has 12 heavy (non-hydrogen) atoms. The molecule has 1 aromatic carbocycles. The van der Waals surface area contributed by atoms with Gasteiger partial charge >= 0.3 is 0 Å². The quantitative estimate of drug-likeness (QED) is 0.609. The van der Waals surface area contributed by atoms with Crippen LogP contribution >= 0.6 is 11.6 Å². The normalized spacial score (nSPS) is 10.9. The molecular weight excluding hydrogens is 172 g/mol. The molecule has 0 amide bonds. The zero-order valence-electron chi connectivity index (χ0n) is 7.00. The van der Waals surface area contributed by atoms with E-state index in [0.717, 1.165) is 15.9 Å². The van der Waals surface area contributed by atoms with Crippen LogP contribution in [-0.2, 0) is 7.05 Å². The Hall–Kier alpha value is -1.02. The highest BCUT2D eigenvalue weighted by Crippen LogP contribution is 2.24. The second-order valence-corrected chi connectivity index (χ2v) is 3.36. The molecule has 2 rings (SSSR count). The van der Waals surface area contributed by atoms with Gasteiger partial charge in [0.1, 0.15) is 0 Å². The van der Waals surface area contributed by atoms with Gasteiger partial charge in [-0.1, -0.05) is 11.6 Å². The number of hydrogen-bond donors (Lipinski definition) is 0. The molecule has 1 heterocycles. The third kappa shape index (κ3) is 0.994. The number of halogens is 1. The van der Waals surface area contributed by atoms with Crippen molar-refractivity contribution in [3.05, 3.63) is 28.9 Å². The Morgan fingerprint density at radius 2 is 2.17 bits per heavy atom. The molecule has 0 unspecified atom stereocenters. The van der Waals surface area contributed by atoms with Crippen LogP contribution in [-0.4, -0.2) is 9.78 Å². The molecule has 0 atom stereocenters. The predicted octanol–water partition coefficient (Wildman–Crippen LogP) is 2.54. The van der Waals surface area contributed by atoms with Gasteiger partial charge in [0.2, 0.25) is 0 Å². The summed E-state index contributed by atoms with van der Waals surface area (Å²) in [6.07, 6.45) is 1.83. The predicted molar refractivity (Wildman–Crippen MR) is 50.5 cm³/mol. The summed E-state index contributed by atoms with van der Waals surface area (Å²) in [5.74, 6) is 0. The van der Waals surface area contributed by atoms with Crippen LogP contribution < -0.4 is 0 Å². The lowest BCUT2D eigenvalue weighted by atomic mass is 10.2. The van der Waals surface area contributed by atoms with Crippen LogP contribution in [0.5, 0.6) is 0 Å². The third-order valence-corrected chi connectivity index (χ3v) is 2.22. The number of benzene rings is 1. The van der Waals surface area contributed by atoms with Gasteiger partial charge in [-0.25, -0.2) is 0 Å². The third-order valence-electron chi connectivity index (χ3n) is 1.93. The molecule has 0 aliphatic rings. The van der Waals surface area contributed by atoms with Crippen molar-refractivity contribution >= 4 is 22.5 Å². The molecule has 2 nitrogen and oxygen atoms in total. The average Bonchev–Trinajstić information content (AvgIpc) is 2.31. The highest BCUT2D eigenvalue weighted by atomic mass is 35.5. The summed E-state index contributed by atoms with van der Waals surface area (Å²) >= 11 is 6.05. The first-order valence-corrected chi connectivity index (χ1v) is 4.14. The highest BCUT2D eigenvalue weighted by molar-refractivity contribution is 6.35. The van der Waals surface area contributed by atoms with Gasteiger partial charge in [0.25, 0.3) is 0 Å². The summed E-state index contributed by atoms with van der Waals surface area (Å²) in [4.78, 5) is 0. The summed E-state index contributed by atoms with van der Waals surface area (Å²) in [6.45, 7) is 2.03. The topological polar surface area (TPSA) is 17.8 Å². The number of nitrogens with zero attached hydrogens (tertiary/aromatic N) is 2. The number of rotatable bonds is 0. The van der Waals surface area contributed by atoms with Gasteiger partial charge in [-0.3, -0.25) is 4.68 Å².